The van der Waals surface area contributed by atoms with E-state index in [4.69, 9.17) is 14.6 Å². The summed E-state index contributed by atoms with van der Waals surface area (Å²) < 4.78 is 19.2. The van der Waals surface area contributed by atoms with Crippen LogP contribution in [0.3, 0.4) is 0 Å². The Hall–Kier alpha value is -1.57. The maximum Gasteiger partial charge on any atom is 0.204 e. The molecule has 0 unspecified atom stereocenters. The summed E-state index contributed by atoms with van der Waals surface area (Å²) >= 11 is 0. The van der Waals surface area contributed by atoms with Crippen LogP contribution in [0.4, 0.5) is 4.39 Å². The highest BCUT2D eigenvalue weighted by molar-refractivity contribution is 5.42. The number of amides is 1. The minimum absolute atomic E-state index is 0. The van der Waals surface area contributed by atoms with Gasteiger partial charge in [0.05, 0.1) is 31.6 Å². The standard InChI is InChI=1S/C13H19FN2O2.CH3NO.2H2/c1-9-4-15-6-13(14)12(9)3-2-11-5-16-10(7-17)8-18-11;2-1-3;;/h4,6,10-11,16-17H,2-3,5,7-8H2,1H3;1H,(H2,2,3);2*1H/t10-,11-;;;/m1.../s1. The average Bonchev–Trinajstić information content (AvgIpc) is 2.48. The summed E-state index contributed by atoms with van der Waals surface area (Å²) in [6, 6.07) is 0.0284. The van der Waals surface area contributed by atoms with Crippen LogP contribution in [0.2, 0.25) is 0 Å². The van der Waals surface area contributed by atoms with Crippen molar-refractivity contribution in [1.29, 1.82) is 0 Å². The van der Waals surface area contributed by atoms with Crippen LogP contribution in [0.15, 0.2) is 12.4 Å². The number of aliphatic hydroxyl groups is 1. The second-order valence-electron chi connectivity index (χ2n) is 4.83. The Bertz CT molecular complexity index is 427. The number of nitrogens with zero attached hydrogens (tertiary/aromatic N) is 1. The topological polar surface area (TPSA) is 97.5 Å². The molecular weight excluding hydrogens is 277 g/mol. The number of rotatable bonds is 4. The highest BCUT2D eigenvalue weighted by Gasteiger charge is 2.20. The molecule has 0 saturated carbocycles. The molecule has 1 aromatic rings. The molecule has 1 aromatic heterocycles. The molecule has 0 spiro atoms. The molecule has 2 heterocycles. The number of halogens is 1. The van der Waals surface area contributed by atoms with Gasteiger partial charge in [0.15, 0.2) is 0 Å². The molecule has 4 N–H and O–H groups in total. The Balaban J connectivity index is 0. The van der Waals surface area contributed by atoms with Crippen LogP contribution < -0.4 is 11.1 Å². The fourth-order valence-corrected chi connectivity index (χ4v) is 2.15. The van der Waals surface area contributed by atoms with E-state index >= 15 is 0 Å². The largest absolute Gasteiger partial charge is 0.395 e. The van der Waals surface area contributed by atoms with E-state index in [1.165, 1.54) is 6.20 Å². The molecule has 0 bridgehead atoms. The van der Waals surface area contributed by atoms with E-state index < -0.39 is 0 Å². The first-order valence-corrected chi connectivity index (χ1v) is 6.82. The van der Waals surface area contributed by atoms with Crippen molar-refractivity contribution in [3.8, 4) is 0 Å². The smallest absolute Gasteiger partial charge is 0.204 e. The van der Waals surface area contributed by atoms with E-state index in [0.29, 0.717) is 19.6 Å². The highest BCUT2D eigenvalue weighted by atomic mass is 19.1. The van der Waals surface area contributed by atoms with Crippen molar-refractivity contribution in [2.24, 2.45) is 5.73 Å². The van der Waals surface area contributed by atoms with Crippen LogP contribution in [0.1, 0.15) is 20.4 Å². The monoisotopic (exact) mass is 303 g/mol. The van der Waals surface area contributed by atoms with Gasteiger partial charge in [0.25, 0.3) is 0 Å². The van der Waals surface area contributed by atoms with Crippen molar-refractivity contribution in [2.75, 3.05) is 19.8 Å². The van der Waals surface area contributed by atoms with Crippen LogP contribution in [0.5, 0.6) is 0 Å². The lowest BCUT2D eigenvalue weighted by atomic mass is 10.0. The molecule has 0 aromatic carbocycles. The van der Waals surface area contributed by atoms with Gasteiger partial charge in [0.2, 0.25) is 6.41 Å². The van der Waals surface area contributed by atoms with Crippen molar-refractivity contribution in [2.45, 2.75) is 31.9 Å². The zero-order valence-corrected chi connectivity index (χ0v) is 12.1. The minimum Gasteiger partial charge on any atom is -0.395 e. The molecule has 0 aliphatic carbocycles. The fourth-order valence-electron chi connectivity index (χ4n) is 2.15. The van der Waals surface area contributed by atoms with Crippen LogP contribution >= 0.6 is 0 Å². The zero-order valence-electron chi connectivity index (χ0n) is 12.1. The third-order valence-corrected chi connectivity index (χ3v) is 3.32. The van der Waals surface area contributed by atoms with Gasteiger partial charge in [-0.3, -0.25) is 9.78 Å². The van der Waals surface area contributed by atoms with E-state index in [-0.39, 0.29) is 33.8 Å². The van der Waals surface area contributed by atoms with Gasteiger partial charge in [0.1, 0.15) is 5.82 Å². The molecule has 1 saturated heterocycles. The number of carbonyl (C=O) groups excluding carboxylic acids is 1. The van der Waals surface area contributed by atoms with E-state index in [2.05, 4.69) is 16.0 Å². The van der Waals surface area contributed by atoms with Gasteiger partial charge in [-0.1, -0.05) is 0 Å². The second-order valence-corrected chi connectivity index (χ2v) is 4.83. The third-order valence-electron chi connectivity index (χ3n) is 3.32. The number of aliphatic hydroxyl groups excluding tert-OH is 1. The summed E-state index contributed by atoms with van der Waals surface area (Å²) in [5, 5.41) is 12.2. The number of hydrogen-bond acceptors (Lipinski definition) is 5. The predicted octanol–water partition coefficient (Wildman–Crippen LogP) is 0.405. The average molecular weight is 303 g/mol. The van der Waals surface area contributed by atoms with Crippen LogP contribution in [0.25, 0.3) is 0 Å². The first kappa shape index (κ1) is 17.5. The van der Waals surface area contributed by atoms with Crippen LogP contribution in [-0.4, -0.2) is 48.4 Å². The van der Waals surface area contributed by atoms with Gasteiger partial charge >= 0.3 is 0 Å². The van der Waals surface area contributed by atoms with Crippen LogP contribution in [-0.2, 0) is 16.0 Å². The Kier molecular flexibility index (Phi) is 7.81. The van der Waals surface area contributed by atoms with E-state index in [0.717, 1.165) is 17.5 Å². The van der Waals surface area contributed by atoms with Gasteiger partial charge in [-0.05, 0) is 30.9 Å². The summed E-state index contributed by atoms with van der Waals surface area (Å²) in [4.78, 5) is 12.4. The lowest BCUT2D eigenvalue weighted by molar-refractivity contribution is -0.106. The summed E-state index contributed by atoms with van der Waals surface area (Å²) in [5.41, 5.74) is 5.77. The van der Waals surface area contributed by atoms with Crippen molar-refractivity contribution >= 4 is 6.41 Å². The number of nitrogens with one attached hydrogen (secondary N) is 1. The van der Waals surface area contributed by atoms with Crippen molar-refractivity contribution < 1.29 is 21.9 Å². The Morgan fingerprint density at radius 3 is 2.90 bits per heavy atom. The molecule has 2 rings (SSSR count). The molecule has 2 atom stereocenters. The Labute approximate surface area is 126 Å². The lowest BCUT2D eigenvalue weighted by Gasteiger charge is -2.29. The van der Waals surface area contributed by atoms with E-state index in [1.54, 1.807) is 6.20 Å². The first-order chi connectivity index (χ1) is 10.1. The van der Waals surface area contributed by atoms with E-state index in [1.807, 2.05) is 6.92 Å². The molecule has 7 heteroatoms. The third kappa shape index (κ3) is 5.74. The summed E-state index contributed by atoms with van der Waals surface area (Å²) in [6.07, 6.45) is 4.69. The number of nitrogens with two attached hydrogens (primary N) is 1. The van der Waals surface area contributed by atoms with Crippen LogP contribution in [0, 0.1) is 12.7 Å². The Morgan fingerprint density at radius 2 is 2.38 bits per heavy atom. The number of ether oxygens (including phenoxy) is 1. The molecule has 6 nitrogen and oxygen atoms in total. The van der Waals surface area contributed by atoms with Crippen molar-refractivity contribution in [1.82, 2.24) is 10.3 Å². The summed E-state index contributed by atoms with van der Waals surface area (Å²) in [7, 11) is 0. The van der Waals surface area contributed by atoms with Crippen molar-refractivity contribution in [3.63, 3.8) is 0 Å². The number of morpholine rings is 1. The van der Waals surface area contributed by atoms with E-state index in [9.17, 15) is 4.39 Å². The maximum absolute atomic E-state index is 13.6. The van der Waals surface area contributed by atoms with Gasteiger partial charge < -0.3 is 20.9 Å². The number of carbonyl (C=O) groups is 1. The van der Waals surface area contributed by atoms with Gasteiger partial charge in [-0.2, -0.15) is 0 Å². The number of aryl methyl sites for hydroxylation is 1. The molecule has 1 fully saturated rings. The number of pyridine rings is 1. The number of aromatic nitrogens is 1. The fraction of sp³-hybridized carbons (Fsp3) is 0.571. The summed E-state index contributed by atoms with van der Waals surface area (Å²) in [6.45, 7) is 3.17. The summed E-state index contributed by atoms with van der Waals surface area (Å²) in [5.74, 6) is -0.244. The Morgan fingerprint density at radius 1 is 1.67 bits per heavy atom. The normalized spacial score (nSPS) is 21.3. The number of hydrogen-bond donors (Lipinski definition) is 3. The zero-order chi connectivity index (χ0) is 15.7. The van der Waals surface area contributed by atoms with Gasteiger partial charge in [-0.15, -0.1) is 0 Å². The second kappa shape index (κ2) is 9.38. The maximum atomic E-state index is 13.6. The highest BCUT2D eigenvalue weighted by Crippen LogP contribution is 2.16. The molecule has 1 aliphatic heterocycles. The molecule has 1 amide bonds. The molecule has 1 aliphatic rings. The van der Waals surface area contributed by atoms with Gasteiger partial charge in [-0.25, -0.2) is 4.39 Å². The lowest BCUT2D eigenvalue weighted by Crippen LogP contribution is -2.48. The quantitative estimate of drug-likeness (QED) is 0.700. The number of primary amides is 1. The molecule has 0 radical (unpaired) electrons. The molecule has 21 heavy (non-hydrogen) atoms. The molecular formula is C14H26FN3O3. The SMILES string of the molecule is Cc1cncc(F)c1CC[C@@H]1CN[C@H](CO)CO1.NC=O.[HH].[HH]. The predicted molar refractivity (Wildman–Crippen MR) is 80.3 cm³/mol. The minimum atomic E-state index is -0.244. The first-order valence-electron chi connectivity index (χ1n) is 6.82. The van der Waals surface area contributed by atoms with Crippen molar-refractivity contribution in [3.05, 3.63) is 29.3 Å². The van der Waals surface area contributed by atoms with Gasteiger partial charge in [0, 0.05) is 15.6 Å². The molecule has 122 valence electrons.